The second kappa shape index (κ2) is 9.17. The predicted octanol–water partition coefficient (Wildman–Crippen LogP) is 4.02. The summed E-state index contributed by atoms with van der Waals surface area (Å²) in [6.07, 6.45) is 7.54. The molecule has 6 rings (SSSR count). The first-order valence-corrected chi connectivity index (χ1v) is 13.8. The first-order chi connectivity index (χ1) is 17.0. The maximum atomic E-state index is 11.9. The normalized spacial score (nSPS) is 20.1. The van der Waals surface area contributed by atoms with E-state index in [2.05, 4.69) is 29.0 Å². The summed E-state index contributed by atoms with van der Waals surface area (Å²) in [5.41, 5.74) is 4.11. The van der Waals surface area contributed by atoms with Gasteiger partial charge in [0.05, 0.1) is 23.4 Å². The molecular formula is C26H34N6O2S. The number of rotatable bonds is 6. The van der Waals surface area contributed by atoms with Gasteiger partial charge in [0.25, 0.3) is 0 Å². The molecule has 5 heterocycles. The summed E-state index contributed by atoms with van der Waals surface area (Å²) in [6, 6.07) is 0. The number of carbonyl (C=O) groups is 1. The number of ether oxygens (including phenoxy) is 1. The Morgan fingerprint density at radius 2 is 2.00 bits per heavy atom. The van der Waals surface area contributed by atoms with Gasteiger partial charge in [-0.25, -0.2) is 15.0 Å². The summed E-state index contributed by atoms with van der Waals surface area (Å²) < 4.78 is 6.70. The number of carbonyl (C=O) groups excluding carboxylic acids is 1. The molecule has 2 aliphatic heterocycles. The standard InChI is InChI=1S/C26H34N6O2S/c1-26(2)7-6-17-18(15-26)20-21-22(35-25(20)30-24(17)32-11-13-34-14-12-32)23(29-16-28-21)27-8-4-10-31-9-3-5-19(31)33/h16H,3-15H2,1-2H3,(H,27,28,29). The van der Waals surface area contributed by atoms with Gasteiger partial charge in [0.2, 0.25) is 5.91 Å². The molecule has 0 saturated carbocycles. The van der Waals surface area contributed by atoms with E-state index in [4.69, 9.17) is 14.7 Å². The van der Waals surface area contributed by atoms with Gasteiger partial charge in [0.1, 0.15) is 22.8 Å². The molecule has 35 heavy (non-hydrogen) atoms. The Morgan fingerprint density at radius 1 is 1.14 bits per heavy atom. The zero-order valence-corrected chi connectivity index (χ0v) is 21.5. The molecule has 1 amide bonds. The zero-order chi connectivity index (χ0) is 24.0. The Hall–Kier alpha value is -2.52. The average Bonchev–Trinajstić information content (AvgIpc) is 3.44. The third-order valence-corrected chi connectivity index (χ3v) is 8.76. The van der Waals surface area contributed by atoms with Gasteiger partial charge in [-0.3, -0.25) is 4.79 Å². The number of nitrogens with one attached hydrogen (secondary N) is 1. The first kappa shape index (κ1) is 22.9. The minimum Gasteiger partial charge on any atom is -0.378 e. The van der Waals surface area contributed by atoms with E-state index < -0.39 is 0 Å². The van der Waals surface area contributed by atoms with Crippen LogP contribution in [0.3, 0.4) is 0 Å². The van der Waals surface area contributed by atoms with E-state index in [-0.39, 0.29) is 11.3 Å². The summed E-state index contributed by atoms with van der Waals surface area (Å²) >= 11 is 1.70. The Labute approximate surface area is 210 Å². The number of pyridine rings is 1. The molecule has 2 saturated heterocycles. The summed E-state index contributed by atoms with van der Waals surface area (Å²) in [7, 11) is 0. The van der Waals surface area contributed by atoms with Gasteiger partial charge in [-0.15, -0.1) is 11.3 Å². The smallest absolute Gasteiger partial charge is 0.222 e. The lowest BCUT2D eigenvalue weighted by molar-refractivity contribution is -0.127. The van der Waals surface area contributed by atoms with Crippen LogP contribution < -0.4 is 10.2 Å². The molecule has 3 aliphatic rings. The number of fused-ring (bicyclic) bond motifs is 5. The summed E-state index contributed by atoms with van der Waals surface area (Å²) in [5, 5.41) is 4.75. The largest absolute Gasteiger partial charge is 0.378 e. The van der Waals surface area contributed by atoms with Crippen LogP contribution in [0.1, 0.15) is 50.7 Å². The molecule has 0 spiro atoms. The van der Waals surface area contributed by atoms with E-state index in [0.717, 1.165) is 98.3 Å². The lowest BCUT2D eigenvalue weighted by atomic mass is 9.73. The number of anilines is 2. The van der Waals surface area contributed by atoms with Crippen LogP contribution in [0.5, 0.6) is 0 Å². The van der Waals surface area contributed by atoms with Crippen molar-refractivity contribution in [1.82, 2.24) is 19.9 Å². The van der Waals surface area contributed by atoms with Crippen LogP contribution in [0.4, 0.5) is 11.6 Å². The van der Waals surface area contributed by atoms with E-state index in [9.17, 15) is 4.79 Å². The van der Waals surface area contributed by atoms with E-state index in [1.54, 1.807) is 17.7 Å². The molecule has 3 aromatic rings. The third-order valence-electron chi connectivity index (χ3n) is 7.68. The molecular weight excluding hydrogens is 460 g/mol. The number of aromatic nitrogens is 3. The van der Waals surface area contributed by atoms with Gasteiger partial charge in [0, 0.05) is 44.5 Å². The number of morpholine rings is 1. The minimum absolute atomic E-state index is 0.263. The second-order valence-electron chi connectivity index (χ2n) is 10.8. The van der Waals surface area contributed by atoms with Gasteiger partial charge in [-0.05, 0) is 48.6 Å². The number of likely N-dealkylation sites (tertiary alicyclic amines) is 1. The van der Waals surface area contributed by atoms with E-state index in [1.807, 2.05) is 4.90 Å². The molecule has 9 heteroatoms. The fourth-order valence-corrected chi connectivity index (χ4v) is 6.89. The molecule has 0 bridgehead atoms. The zero-order valence-electron chi connectivity index (χ0n) is 20.7. The quantitative estimate of drug-likeness (QED) is 0.518. The highest BCUT2D eigenvalue weighted by Crippen LogP contribution is 2.46. The summed E-state index contributed by atoms with van der Waals surface area (Å²) in [4.78, 5) is 31.9. The molecule has 8 nitrogen and oxygen atoms in total. The van der Waals surface area contributed by atoms with Crippen molar-refractivity contribution in [2.75, 3.05) is 56.2 Å². The molecule has 0 radical (unpaired) electrons. The number of nitrogens with zero attached hydrogens (tertiary/aromatic N) is 5. The van der Waals surface area contributed by atoms with Crippen LogP contribution in [0.15, 0.2) is 6.33 Å². The van der Waals surface area contributed by atoms with Crippen molar-refractivity contribution in [3.05, 3.63) is 17.5 Å². The Bertz CT molecular complexity index is 1270. The number of thiophene rings is 1. The average molecular weight is 495 g/mol. The molecule has 0 unspecified atom stereocenters. The van der Waals surface area contributed by atoms with Gasteiger partial charge < -0.3 is 19.9 Å². The Balaban J connectivity index is 1.35. The van der Waals surface area contributed by atoms with Crippen molar-refractivity contribution >= 4 is 49.3 Å². The number of hydrogen-bond acceptors (Lipinski definition) is 8. The fourth-order valence-electron chi connectivity index (χ4n) is 5.77. The first-order valence-electron chi connectivity index (χ1n) is 12.9. The van der Waals surface area contributed by atoms with Gasteiger partial charge in [-0.1, -0.05) is 13.8 Å². The van der Waals surface area contributed by atoms with Crippen molar-refractivity contribution in [2.45, 2.75) is 52.4 Å². The summed E-state index contributed by atoms with van der Waals surface area (Å²) in [6.45, 7) is 10.5. The molecule has 0 aromatic carbocycles. The molecule has 186 valence electrons. The third kappa shape index (κ3) is 4.33. The molecule has 1 N–H and O–H groups in total. The van der Waals surface area contributed by atoms with Crippen LogP contribution in [-0.4, -0.2) is 71.7 Å². The fraction of sp³-hybridized carbons (Fsp3) is 0.615. The topological polar surface area (TPSA) is 83.5 Å². The van der Waals surface area contributed by atoms with Gasteiger partial charge >= 0.3 is 0 Å². The van der Waals surface area contributed by atoms with Crippen LogP contribution in [0.25, 0.3) is 20.4 Å². The SMILES string of the molecule is CC1(C)CCc2c(N3CCOCC3)nc3sc4c(NCCCN5CCCC5=O)ncnc4c3c2C1. The highest BCUT2D eigenvalue weighted by Gasteiger charge is 2.32. The maximum Gasteiger partial charge on any atom is 0.222 e. The predicted molar refractivity (Wildman–Crippen MR) is 140 cm³/mol. The lowest BCUT2D eigenvalue weighted by Gasteiger charge is -2.36. The van der Waals surface area contributed by atoms with Crippen LogP contribution >= 0.6 is 11.3 Å². The second-order valence-corrected chi connectivity index (χ2v) is 11.8. The number of amides is 1. The van der Waals surface area contributed by atoms with Crippen LogP contribution in [0, 0.1) is 5.41 Å². The number of hydrogen-bond donors (Lipinski definition) is 1. The lowest BCUT2D eigenvalue weighted by Crippen LogP contribution is -2.38. The highest BCUT2D eigenvalue weighted by molar-refractivity contribution is 7.26. The van der Waals surface area contributed by atoms with Crippen molar-refractivity contribution in [3.8, 4) is 0 Å². The van der Waals surface area contributed by atoms with Crippen molar-refractivity contribution in [1.29, 1.82) is 0 Å². The van der Waals surface area contributed by atoms with E-state index in [0.29, 0.717) is 6.42 Å². The summed E-state index contributed by atoms with van der Waals surface area (Å²) in [5.74, 6) is 2.31. The van der Waals surface area contributed by atoms with Gasteiger partial charge in [-0.2, -0.15) is 0 Å². The van der Waals surface area contributed by atoms with Crippen LogP contribution in [0.2, 0.25) is 0 Å². The molecule has 1 aliphatic carbocycles. The molecule has 2 fully saturated rings. The molecule has 0 atom stereocenters. The van der Waals surface area contributed by atoms with Crippen molar-refractivity contribution in [3.63, 3.8) is 0 Å². The Kier molecular flexibility index (Phi) is 6.00. The van der Waals surface area contributed by atoms with Crippen molar-refractivity contribution < 1.29 is 9.53 Å². The Morgan fingerprint density at radius 3 is 2.80 bits per heavy atom. The van der Waals surface area contributed by atoms with Crippen molar-refractivity contribution in [2.24, 2.45) is 5.41 Å². The van der Waals surface area contributed by atoms with E-state index in [1.165, 1.54) is 22.9 Å². The van der Waals surface area contributed by atoms with Crippen LogP contribution in [-0.2, 0) is 22.4 Å². The minimum atomic E-state index is 0.263. The highest BCUT2D eigenvalue weighted by atomic mass is 32.1. The van der Waals surface area contributed by atoms with Gasteiger partial charge in [0.15, 0.2) is 0 Å². The monoisotopic (exact) mass is 494 g/mol. The van der Waals surface area contributed by atoms with E-state index >= 15 is 0 Å². The molecule has 3 aromatic heterocycles. The maximum absolute atomic E-state index is 11.9.